The maximum absolute atomic E-state index is 9.12. The van der Waals surface area contributed by atoms with Gasteiger partial charge in [0.25, 0.3) is 0 Å². The molecule has 7 heteroatoms. The Morgan fingerprint density at radius 1 is 1.56 bits per heavy atom. The van der Waals surface area contributed by atoms with E-state index in [0.717, 1.165) is 6.42 Å². The zero-order chi connectivity index (χ0) is 11.5. The van der Waals surface area contributed by atoms with Gasteiger partial charge in [-0.25, -0.2) is 4.98 Å². The molecule has 86 valence electrons. The van der Waals surface area contributed by atoms with E-state index in [4.69, 9.17) is 10.8 Å². The second kappa shape index (κ2) is 4.31. The van der Waals surface area contributed by atoms with Gasteiger partial charge in [-0.3, -0.25) is 0 Å². The molecule has 2 heterocycles. The first-order valence-corrected chi connectivity index (χ1v) is 5.08. The smallest absolute Gasteiger partial charge is 0.224 e. The van der Waals surface area contributed by atoms with Crippen molar-refractivity contribution in [3.05, 3.63) is 6.33 Å². The van der Waals surface area contributed by atoms with Gasteiger partial charge in [0, 0.05) is 0 Å². The molecule has 1 atom stereocenters. The quantitative estimate of drug-likeness (QED) is 0.584. The van der Waals surface area contributed by atoms with Gasteiger partial charge in [-0.1, -0.05) is 6.92 Å². The van der Waals surface area contributed by atoms with Crippen molar-refractivity contribution in [1.29, 1.82) is 0 Å². The van der Waals surface area contributed by atoms with E-state index < -0.39 is 0 Å². The number of nitrogens with zero attached hydrogens (tertiary/aromatic N) is 3. The Hall–Kier alpha value is -1.89. The number of nitrogen functional groups attached to an aromatic ring is 1. The third kappa shape index (κ3) is 1.89. The predicted octanol–water partition coefficient (Wildman–Crippen LogP) is 0.118. The van der Waals surface area contributed by atoms with Crippen LogP contribution in [0, 0.1) is 0 Å². The van der Waals surface area contributed by atoms with Crippen LogP contribution in [0.15, 0.2) is 6.33 Å². The lowest BCUT2D eigenvalue weighted by atomic mass is 10.2. The van der Waals surface area contributed by atoms with Gasteiger partial charge >= 0.3 is 0 Å². The van der Waals surface area contributed by atoms with E-state index in [1.807, 2.05) is 6.92 Å². The molecular weight excluding hydrogens is 208 g/mol. The van der Waals surface area contributed by atoms with Gasteiger partial charge in [0.2, 0.25) is 5.95 Å². The number of aromatic nitrogens is 4. The molecule has 7 nitrogen and oxygen atoms in total. The highest BCUT2D eigenvalue weighted by molar-refractivity contribution is 5.83. The summed E-state index contributed by atoms with van der Waals surface area (Å²) in [5.74, 6) is 0.732. The maximum Gasteiger partial charge on any atom is 0.224 e. The number of hydrogen-bond acceptors (Lipinski definition) is 6. The van der Waals surface area contributed by atoms with E-state index >= 15 is 0 Å². The molecule has 0 amide bonds. The first-order valence-electron chi connectivity index (χ1n) is 5.08. The fourth-order valence-electron chi connectivity index (χ4n) is 1.42. The Balaban J connectivity index is 2.38. The molecule has 0 aliphatic carbocycles. The second-order valence-corrected chi connectivity index (χ2v) is 3.46. The summed E-state index contributed by atoms with van der Waals surface area (Å²) in [4.78, 5) is 15.0. The van der Waals surface area contributed by atoms with Crippen molar-refractivity contribution >= 4 is 22.9 Å². The van der Waals surface area contributed by atoms with Gasteiger partial charge in [-0.05, 0) is 6.42 Å². The number of aliphatic hydroxyl groups excluding tert-OH is 1. The fraction of sp³-hybridized carbons (Fsp3) is 0.444. The molecule has 0 bridgehead atoms. The summed E-state index contributed by atoms with van der Waals surface area (Å²) in [6.45, 7) is 2.01. The van der Waals surface area contributed by atoms with Gasteiger partial charge < -0.3 is 21.1 Å². The standard InChI is InChI=1S/C9H14N6O/c1-2-5(3-16)13-8-6-7(12-4-11-6)14-9(10)15-8/h4-5,16H,2-3H2,1H3,(H4,10,11,12,13,14,15). The zero-order valence-electron chi connectivity index (χ0n) is 8.94. The molecule has 0 aromatic carbocycles. The van der Waals surface area contributed by atoms with Crippen LogP contribution in [-0.2, 0) is 0 Å². The van der Waals surface area contributed by atoms with Crippen LogP contribution < -0.4 is 11.1 Å². The van der Waals surface area contributed by atoms with Crippen LogP contribution in [-0.4, -0.2) is 37.7 Å². The van der Waals surface area contributed by atoms with Gasteiger partial charge in [0.1, 0.15) is 5.52 Å². The molecule has 2 aromatic heterocycles. The van der Waals surface area contributed by atoms with E-state index in [9.17, 15) is 0 Å². The van der Waals surface area contributed by atoms with Crippen molar-refractivity contribution in [1.82, 2.24) is 19.9 Å². The summed E-state index contributed by atoms with van der Waals surface area (Å²) in [6, 6.07) is -0.0548. The molecular formula is C9H14N6O. The van der Waals surface area contributed by atoms with Gasteiger partial charge in [-0.15, -0.1) is 0 Å². The monoisotopic (exact) mass is 222 g/mol. The van der Waals surface area contributed by atoms with Crippen molar-refractivity contribution in [3.63, 3.8) is 0 Å². The molecule has 2 aromatic rings. The highest BCUT2D eigenvalue weighted by Crippen LogP contribution is 2.18. The molecule has 0 spiro atoms. The molecule has 5 N–H and O–H groups in total. The van der Waals surface area contributed by atoms with E-state index in [1.54, 1.807) is 0 Å². The molecule has 16 heavy (non-hydrogen) atoms. The lowest BCUT2D eigenvalue weighted by molar-refractivity contribution is 0.271. The summed E-state index contributed by atoms with van der Waals surface area (Å²) >= 11 is 0. The van der Waals surface area contributed by atoms with Crippen molar-refractivity contribution < 1.29 is 5.11 Å². The molecule has 1 unspecified atom stereocenters. The normalized spacial score (nSPS) is 12.9. The van der Waals surface area contributed by atoms with Gasteiger partial charge in [0.15, 0.2) is 11.5 Å². The van der Waals surface area contributed by atoms with Gasteiger partial charge in [0.05, 0.1) is 19.0 Å². The van der Waals surface area contributed by atoms with E-state index in [2.05, 4.69) is 25.3 Å². The highest BCUT2D eigenvalue weighted by atomic mass is 16.3. The van der Waals surface area contributed by atoms with E-state index in [1.165, 1.54) is 6.33 Å². The fourth-order valence-corrected chi connectivity index (χ4v) is 1.42. The molecule has 0 radical (unpaired) electrons. The van der Waals surface area contributed by atoms with Gasteiger partial charge in [-0.2, -0.15) is 9.97 Å². The molecule has 0 saturated heterocycles. The number of anilines is 2. The number of nitrogens with two attached hydrogens (primary N) is 1. The van der Waals surface area contributed by atoms with Crippen LogP contribution in [0.25, 0.3) is 11.2 Å². The first-order chi connectivity index (χ1) is 7.74. The summed E-state index contributed by atoms with van der Waals surface area (Å²) in [6.07, 6.45) is 2.32. The lowest BCUT2D eigenvalue weighted by Gasteiger charge is -2.14. The van der Waals surface area contributed by atoms with Crippen LogP contribution in [0.5, 0.6) is 0 Å². The Morgan fingerprint density at radius 2 is 2.38 bits per heavy atom. The summed E-state index contributed by atoms with van der Waals surface area (Å²) in [5, 5.41) is 12.2. The number of rotatable bonds is 4. The molecule has 0 aliphatic heterocycles. The number of aromatic amines is 1. The SMILES string of the molecule is CCC(CO)Nc1nc(N)nc2nc[nH]c12. The Kier molecular flexibility index (Phi) is 2.86. The number of fused-ring (bicyclic) bond motifs is 1. The minimum Gasteiger partial charge on any atom is -0.394 e. The van der Waals surface area contributed by atoms with E-state index in [0.29, 0.717) is 17.0 Å². The summed E-state index contributed by atoms with van der Waals surface area (Å²) < 4.78 is 0. The van der Waals surface area contributed by atoms with Crippen LogP contribution in [0.2, 0.25) is 0 Å². The van der Waals surface area contributed by atoms with Crippen LogP contribution in [0.1, 0.15) is 13.3 Å². The summed E-state index contributed by atoms with van der Waals surface area (Å²) in [5.41, 5.74) is 6.78. The number of hydrogen-bond donors (Lipinski definition) is 4. The largest absolute Gasteiger partial charge is 0.394 e. The average Bonchev–Trinajstić information content (AvgIpc) is 2.73. The Morgan fingerprint density at radius 3 is 3.06 bits per heavy atom. The number of H-pyrrole nitrogens is 1. The highest BCUT2D eigenvalue weighted by Gasteiger charge is 2.11. The molecule has 0 fully saturated rings. The average molecular weight is 222 g/mol. The third-order valence-electron chi connectivity index (χ3n) is 2.36. The Labute approximate surface area is 92.1 Å². The van der Waals surface area contributed by atoms with Crippen LogP contribution in [0.4, 0.5) is 11.8 Å². The number of nitrogens with one attached hydrogen (secondary N) is 2. The van der Waals surface area contributed by atoms with Crippen LogP contribution >= 0.6 is 0 Å². The molecule has 0 saturated carbocycles. The first kappa shape index (κ1) is 10.6. The zero-order valence-corrected chi connectivity index (χ0v) is 8.94. The number of aliphatic hydroxyl groups is 1. The maximum atomic E-state index is 9.12. The van der Waals surface area contributed by atoms with Crippen molar-refractivity contribution in [2.45, 2.75) is 19.4 Å². The minimum atomic E-state index is -0.0548. The molecule has 2 rings (SSSR count). The number of imidazole rings is 1. The minimum absolute atomic E-state index is 0.0377. The predicted molar refractivity (Wildman–Crippen MR) is 60.9 cm³/mol. The second-order valence-electron chi connectivity index (χ2n) is 3.46. The molecule has 0 aliphatic rings. The summed E-state index contributed by atoms with van der Waals surface area (Å²) in [7, 11) is 0. The Bertz CT molecular complexity index is 478. The van der Waals surface area contributed by atoms with Crippen LogP contribution in [0.3, 0.4) is 0 Å². The van der Waals surface area contributed by atoms with Crippen molar-refractivity contribution in [3.8, 4) is 0 Å². The third-order valence-corrected chi connectivity index (χ3v) is 2.36. The van der Waals surface area contributed by atoms with E-state index in [-0.39, 0.29) is 18.6 Å². The van der Waals surface area contributed by atoms with Crippen molar-refractivity contribution in [2.24, 2.45) is 0 Å². The topological polar surface area (TPSA) is 113 Å². The van der Waals surface area contributed by atoms with Crippen molar-refractivity contribution in [2.75, 3.05) is 17.7 Å². The lowest BCUT2D eigenvalue weighted by Crippen LogP contribution is -2.23.